The maximum atomic E-state index is 13.0. The highest BCUT2D eigenvalue weighted by Crippen LogP contribution is 2.22. The molecule has 2 aromatic rings. The zero-order valence-corrected chi connectivity index (χ0v) is 11.9. The first-order valence-corrected chi connectivity index (χ1v) is 7.45. The van der Waals surface area contributed by atoms with Gasteiger partial charge in [-0.25, -0.2) is 12.8 Å². The van der Waals surface area contributed by atoms with Gasteiger partial charge in [-0.2, -0.15) is 0 Å². The lowest BCUT2D eigenvalue weighted by molar-refractivity contribution is -0.255. The number of hydrogen-bond acceptors (Lipinski definition) is 4. The molecule has 5 nitrogen and oxygen atoms in total. The molecule has 0 saturated carbocycles. The number of aromatic carboxylic acids is 1. The number of sulfonamides is 1. The molecule has 0 atom stereocenters. The SMILES string of the molecule is O=C([O-])c1cccc(NS(=O)(=O)c2ccc(F)c(Cl)c2)c1. The monoisotopic (exact) mass is 328 g/mol. The molecule has 21 heavy (non-hydrogen) atoms. The predicted molar refractivity (Wildman–Crippen MR) is 73.0 cm³/mol. The second kappa shape index (κ2) is 5.71. The third kappa shape index (κ3) is 3.50. The Kier molecular flexibility index (Phi) is 4.15. The number of hydrogen-bond donors (Lipinski definition) is 1. The summed E-state index contributed by atoms with van der Waals surface area (Å²) in [6, 6.07) is 8.04. The van der Waals surface area contributed by atoms with E-state index in [2.05, 4.69) is 4.72 Å². The van der Waals surface area contributed by atoms with Crippen molar-refractivity contribution in [1.29, 1.82) is 0 Å². The van der Waals surface area contributed by atoms with E-state index >= 15 is 0 Å². The van der Waals surface area contributed by atoms with Gasteiger partial charge in [0.25, 0.3) is 10.0 Å². The van der Waals surface area contributed by atoms with Gasteiger partial charge >= 0.3 is 0 Å². The van der Waals surface area contributed by atoms with Gasteiger partial charge in [0.15, 0.2) is 0 Å². The fourth-order valence-electron chi connectivity index (χ4n) is 1.57. The van der Waals surface area contributed by atoms with E-state index in [0.717, 1.165) is 24.3 Å². The van der Waals surface area contributed by atoms with E-state index in [1.807, 2.05) is 0 Å². The molecule has 0 aliphatic heterocycles. The van der Waals surface area contributed by atoms with Crippen LogP contribution >= 0.6 is 11.6 Å². The summed E-state index contributed by atoms with van der Waals surface area (Å²) in [7, 11) is -4.01. The van der Waals surface area contributed by atoms with Crippen LogP contribution in [0.2, 0.25) is 5.02 Å². The second-order valence-corrected chi connectivity index (χ2v) is 6.14. The normalized spacial score (nSPS) is 11.1. The molecule has 0 unspecified atom stereocenters. The molecular formula is C13H8ClFNO4S-. The van der Waals surface area contributed by atoms with Crippen molar-refractivity contribution in [2.75, 3.05) is 4.72 Å². The summed E-state index contributed by atoms with van der Waals surface area (Å²) < 4.78 is 39.4. The molecule has 0 amide bonds. The van der Waals surface area contributed by atoms with Gasteiger partial charge in [0, 0.05) is 5.69 Å². The number of nitrogens with one attached hydrogen (secondary N) is 1. The summed E-state index contributed by atoms with van der Waals surface area (Å²) in [5.41, 5.74) is -0.135. The molecule has 0 heterocycles. The molecule has 0 radical (unpaired) electrons. The van der Waals surface area contributed by atoms with E-state index in [0.29, 0.717) is 0 Å². The van der Waals surface area contributed by atoms with Crippen molar-refractivity contribution in [2.45, 2.75) is 4.90 Å². The summed E-state index contributed by atoms with van der Waals surface area (Å²) in [6.07, 6.45) is 0. The van der Waals surface area contributed by atoms with E-state index in [1.165, 1.54) is 18.2 Å². The number of rotatable bonds is 4. The minimum atomic E-state index is -4.01. The first-order chi connectivity index (χ1) is 9.79. The van der Waals surface area contributed by atoms with Crippen LogP contribution in [-0.2, 0) is 10.0 Å². The fourth-order valence-corrected chi connectivity index (χ4v) is 2.89. The van der Waals surface area contributed by atoms with Gasteiger partial charge in [0.05, 0.1) is 15.9 Å². The van der Waals surface area contributed by atoms with Crippen molar-refractivity contribution in [3.05, 3.63) is 58.9 Å². The molecule has 0 aliphatic rings. The molecule has 0 aliphatic carbocycles. The van der Waals surface area contributed by atoms with E-state index in [9.17, 15) is 22.7 Å². The van der Waals surface area contributed by atoms with Crippen molar-refractivity contribution < 1.29 is 22.7 Å². The summed E-state index contributed by atoms with van der Waals surface area (Å²) in [4.78, 5) is 10.5. The van der Waals surface area contributed by atoms with Crippen molar-refractivity contribution in [3.63, 3.8) is 0 Å². The average molecular weight is 329 g/mol. The van der Waals surface area contributed by atoms with E-state index < -0.39 is 21.8 Å². The molecule has 110 valence electrons. The quantitative estimate of drug-likeness (QED) is 0.924. The molecule has 0 fully saturated rings. The predicted octanol–water partition coefficient (Wildman–Crippen LogP) is 1.64. The Morgan fingerprint density at radius 3 is 2.52 bits per heavy atom. The highest BCUT2D eigenvalue weighted by Gasteiger charge is 2.16. The van der Waals surface area contributed by atoms with Crippen LogP contribution < -0.4 is 9.83 Å². The van der Waals surface area contributed by atoms with Crippen LogP contribution in [0.1, 0.15) is 10.4 Å². The number of anilines is 1. The van der Waals surface area contributed by atoms with Crippen molar-refractivity contribution >= 4 is 33.3 Å². The number of halogens is 2. The fraction of sp³-hybridized carbons (Fsp3) is 0. The van der Waals surface area contributed by atoms with E-state index in [4.69, 9.17) is 11.6 Å². The molecule has 0 aromatic heterocycles. The summed E-state index contributed by atoms with van der Waals surface area (Å²) in [6.45, 7) is 0. The highest BCUT2D eigenvalue weighted by atomic mass is 35.5. The number of carbonyl (C=O) groups is 1. The number of carbonyl (C=O) groups excluding carboxylic acids is 1. The van der Waals surface area contributed by atoms with Gasteiger partial charge in [0.2, 0.25) is 0 Å². The van der Waals surface area contributed by atoms with E-state index in [1.54, 1.807) is 0 Å². The maximum Gasteiger partial charge on any atom is 0.261 e. The van der Waals surface area contributed by atoms with Gasteiger partial charge in [-0.1, -0.05) is 23.7 Å². The Morgan fingerprint density at radius 2 is 1.90 bits per heavy atom. The zero-order chi connectivity index (χ0) is 15.6. The van der Waals surface area contributed by atoms with Crippen LogP contribution in [0.3, 0.4) is 0 Å². The number of carboxylic acid groups (broad SMARTS) is 1. The van der Waals surface area contributed by atoms with Crippen molar-refractivity contribution in [3.8, 4) is 0 Å². The average Bonchev–Trinajstić information content (AvgIpc) is 2.41. The van der Waals surface area contributed by atoms with Gasteiger partial charge in [-0.05, 0) is 35.9 Å². The van der Waals surface area contributed by atoms with Crippen LogP contribution in [0.5, 0.6) is 0 Å². The topological polar surface area (TPSA) is 86.3 Å². The van der Waals surface area contributed by atoms with E-state index in [-0.39, 0.29) is 21.2 Å². The van der Waals surface area contributed by atoms with Gasteiger partial charge in [-0.3, -0.25) is 4.72 Å². The first kappa shape index (κ1) is 15.3. The minimum Gasteiger partial charge on any atom is -0.545 e. The van der Waals surface area contributed by atoms with Crippen molar-refractivity contribution in [1.82, 2.24) is 0 Å². The molecule has 0 spiro atoms. The summed E-state index contributed by atoms with van der Waals surface area (Å²) in [5, 5.41) is 10.4. The Balaban J connectivity index is 2.35. The minimum absolute atomic E-state index is 0.0390. The van der Waals surface area contributed by atoms with Crippen LogP contribution in [-0.4, -0.2) is 14.4 Å². The van der Waals surface area contributed by atoms with Crippen LogP contribution in [0.25, 0.3) is 0 Å². The summed E-state index contributed by atoms with van der Waals surface area (Å²) in [5.74, 6) is -2.17. The van der Waals surface area contributed by atoms with Crippen molar-refractivity contribution in [2.24, 2.45) is 0 Å². The molecular weight excluding hydrogens is 321 g/mol. The van der Waals surface area contributed by atoms with Crippen LogP contribution in [0.15, 0.2) is 47.4 Å². The maximum absolute atomic E-state index is 13.0. The Hall–Kier alpha value is -2.12. The summed E-state index contributed by atoms with van der Waals surface area (Å²) >= 11 is 5.54. The molecule has 0 saturated heterocycles. The Labute approximate surface area is 125 Å². The van der Waals surface area contributed by atoms with Crippen LogP contribution in [0, 0.1) is 5.82 Å². The Morgan fingerprint density at radius 1 is 1.19 bits per heavy atom. The van der Waals surface area contributed by atoms with Gasteiger partial charge in [0.1, 0.15) is 5.82 Å². The Bertz CT molecular complexity index is 808. The van der Waals surface area contributed by atoms with Gasteiger partial charge in [-0.15, -0.1) is 0 Å². The third-order valence-corrected chi connectivity index (χ3v) is 4.22. The lowest BCUT2D eigenvalue weighted by Gasteiger charge is -2.10. The number of carboxylic acids is 1. The lowest BCUT2D eigenvalue weighted by atomic mass is 10.2. The molecule has 8 heteroatoms. The first-order valence-electron chi connectivity index (χ1n) is 5.59. The standard InChI is InChI=1S/C13H9ClFNO4S/c14-11-7-10(4-5-12(11)15)21(19,20)16-9-3-1-2-8(6-9)13(17)18/h1-7,16H,(H,17,18)/p-1. The van der Waals surface area contributed by atoms with Crippen LogP contribution in [0.4, 0.5) is 10.1 Å². The second-order valence-electron chi connectivity index (χ2n) is 4.05. The molecule has 0 bridgehead atoms. The smallest absolute Gasteiger partial charge is 0.261 e. The lowest BCUT2D eigenvalue weighted by Crippen LogP contribution is -2.22. The number of benzene rings is 2. The zero-order valence-electron chi connectivity index (χ0n) is 10.3. The largest absolute Gasteiger partial charge is 0.545 e. The molecule has 1 N–H and O–H groups in total. The molecule has 2 aromatic carbocycles. The highest BCUT2D eigenvalue weighted by molar-refractivity contribution is 7.92. The van der Waals surface area contributed by atoms with Gasteiger partial charge < -0.3 is 9.90 Å². The third-order valence-electron chi connectivity index (χ3n) is 2.55. The molecule has 2 rings (SSSR count).